The molecule has 1 rings (SSSR count). The molecule has 1 unspecified atom stereocenters. The molecule has 0 radical (unpaired) electrons. The molecule has 0 aromatic rings. The van der Waals surface area contributed by atoms with Gasteiger partial charge >= 0.3 is 0 Å². The van der Waals surface area contributed by atoms with E-state index in [0.29, 0.717) is 11.8 Å². The van der Waals surface area contributed by atoms with Gasteiger partial charge in [0.1, 0.15) is 0 Å². The lowest BCUT2D eigenvalue weighted by Gasteiger charge is -2.43. The molecule has 0 aliphatic carbocycles. The van der Waals surface area contributed by atoms with Crippen molar-refractivity contribution in [3.8, 4) is 0 Å². The van der Waals surface area contributed by atoms with Crippen LogP contribution in [0.5, 0.6) is 0 Å². The van der Waals surface area contributed by atoms with E-state index in [-0.39, 0.29) is 11.9 Å². The lowest BCUT2D eigenvalue weighted by molar-refractivity contribution is -0.135. The number of nitrogens with two attached hydrogens (primary N) is 1. The summed E-state index contributed by atoms with van der Waals surface area (Å²) in [5, 5.41) is 0. The van der Waals surface area contributed by atoms with Crippen LogP contribution in [0.15, 0.2) is 0 Å². The predicted molar refractivity (Wildman–Crippen MR) is 48.6 cm³/mol. The second-order valence-corrected chi connectivity index (χ2v) is 4.01. The summed E-state index contributed by atoms with van der Waals surface area (Å²) in [5.41, 5.74) is 5.95. The first-order chi connectivity index (χ1) is 5.52. The van der Waals surface area contributed by atoms with Crippen molar-refractivity contribution in [2.24, 2.45) is 17.6 Å². The summed E-state index contributed by atoms with van der Waals surface area (Å²) < 4.78 is 0. The number of carbonyl (C=O) groups is 1. The van der Waals surface area contributed by atoms with Crippen LogP contribution in [0, 0.1) is 11.8 Å². The molecular weight excluding hydrogens is 152 g/mol. The van der Waals surface area contributed by atoms with Crippen LogP contribution in [0.25, 0.3) is 0 Å². The van der Waals surface area contributed by atoms with Gasteiger partial charge in [0, 0.05) is 32.0 Å². The Morgan fingerprint density at radius 1 is 1.50 bits per heavy atom. The topological polar surface area (TPSA) is 46.3 Å². The van der Waals surface area contributed by atoms with Gasteiger partial charge in [-0.3, -0.25) is 4.79 Å². The van der Waals surface area contributed by atoms with E-state index in [9.17, 15) is 4.79 Å². The standard InChI is InChI=1S/C9H18N2O/c1-6(2)9(10)8-4-11(5-8)7(3)12/h6,8-9H,4-5,10H2,1-3H3. The second kappa shape index (κ2) is 3.44. The van der Waals surface area contributed by atoms with Gasteiger partial charge in [0.25, 0.3) is 0 Å². The van der Waals surface area contributed by atoms with Crippen molar-refractivity contribution in [2.75, 3.05) is 13.1 Å². The van der Waals surface area contributed by atoms with Crippen LogP contribution in [0.3, 0.4) is 0 Å². The molecule has 1 aliphatic rings. The Bertz CT molecular complexity index is 173. The average Bonchev–Trinajstić information content (AvgIpc) is 1.82. The third kappa shape index (κ3) is 1.78. The minimum absolute atomic E-state index is 0.169. The summed E-state index contributed by atoms with van der Waals surface area (Å²) in [4.78, 5) is 12.7. The van der Waals surface area contributed by atoms with E-state index in [1.54, 1.807) is 6.92 Å². The molecule has 1 atom stereocenters. The van der Waals surface area contributed by atoms with Crippen molar-refractivity contribution in [1.82, 2.24) is 4.90 Å². The summed E-state index contributed by atoms with van der Waals surface area (Å²) in [7, 11) is 0. The number of nitrogens with zero attached hydrogens (tertiary/aromatic N) is 1. The molecule has 0 bridgehead atoms. The molecule has 2 N–H and O–H groups in total. The molecule has 1 heterocycles. The normalized spacial score (nSPS) is 20.9. The molecule has 12 heavy (non-hydrogen) atoms. The first-order valence-electron chi connectivity index (χ1n) is 4.53. The van der Waals surface area contributed by atoms with E-state index in [0.717, 1.165) is 13.1 Å². The van der Waals surface area contributed by atoms with Gasteiger partial charge in [0.2, 0.25) is 5.91 Å². The Labute approximate surface area is 73.9 Å². The fraction of sp³-hybridized carbons (Fsp3) is 0.889. The Kier molecular flexibility index (Phi) is 2.73. The predicted octanol–water partition coefficient (Wildman–Crippen LogP) is 0.448. The van der Waals surface area contributed by atoms with E-state index in [1.807, 2.05) is 4.90 Å². The van der Waals surface area contributed by atoms with Gasteiger partial charge < -0.3 is 10.6 Å². The van der Waals surface area contributed by atoms with Gasteiger partial charge in [-0.15, -0.1) is 0 Å². The highest BCUT2D eigenvalue weighted by Crippen LogP contribution is 2.21. The highest BCUT2D eigenvalue weighted by Gasteiger charge is 2.33. The number of likely N-dealkylation sites (tertiary alicyclic amines) is 1. The molecule has 70 valence electrons. The Morgan fingerprint density at radius 2 is 2.00 bits per heavy atom. The van der Waals surface area contributed by atoms with Crippen LogP contribution >= 0.6 is 0 Å². The van der Waals surface area contributed by atoms with Crippen molar-refractivity contribution < 1.29 is 4.79 Å². The zero-order valence-corrected chi connectivity index (χ0v) is 8.08. The third-order valence-corrected chi connectivity index (χ3v) is 2.67. The van der Waals surface area contributed by atoms with Crippen molar-refractivity contribution in [3.05, 3.63) is 0 Å². The molecule has 1 fully saturated rings. The molecule has 1 aliphatic heterocycles. The van der Waals surface area contributed by atoms with Gasteiger partial charge in [-0.2, -0.15) is 0 Å². The number of rotatable bonds is 2. The number of amides is 1. The zero-order chi connectivity index (χ0) is 9.30. The lowest BCUT2D eigenvalue weighted by Crippen LogP contribution is -2.57. The Balaban J connectivity index is 2.29. The van der Waals surface area contributed by atoms with E-state index >= 15 is 0 Å². The summed E-state index contributed by atoms with van der Waals surface area (Å²) in [5.74, 6) is 1.21. The first kappa shape index (κ1) is 9.52. The second-order valence-electron chi connectivity index (χ2n) is 4.01. The van der Waals surface area contributed by atoms with Crippen LogP contribution in [0.4, 0.5) is 0 Å². The fourth-order valence-corrected chi connectivity index (χ4v) is 1.56. The van der Waals surface area contributed by atoms with Gasteiger partial charge in [-0.05, 0) is 5.92 Å². The van der Waals surface area contributed by atoms with Crippen LogP contribution in [0.1, 0.15) is 20.8 Å². The van der Waals surface area contributed by atoms with E-state index in [2.05, 4.69) is 13.8 Å². The smallest absolute Gasteiger partial charge is 0.219 e. The van der Waals surface area contributed by atoms with E-state index in [1.165, 1.54) is 0 Å². The highest BCUT2D eigenvalue weighted by atomic mass is 16.2. The van der Waals surface area contributed by atoms with Crippen molar-refractivity contribution in [2.45, 2.75) is 26.8 Å². The molecule has 1 saturated heterocycles. The van der Waals surface area contributed by atoms with Gasteiger partial charge in [0.05, 0.1) is 0 Å². The molecule has 0 aromatic heterocycles. The van der Waals surface area contributed by atoms with Crippen molar-refractivity contribution in [3.63, 3.8) is 0 Å². The molecule has 0 aromatic carbocycles. The van der Waals surface area contributed by atoms with Gasteiger partial charge in [0.15, 0.2) is 0 Å². The molecule has 0 saturated carbocycles. The third-order valence-electron chi connectivity index (χ3n) is 2.67. The molecule has 0 spiro atoms. The van der Waals surface area contributed by atoms with Crippen LogP contribution < -0.4 is 5.73 Å². The highest BCUT2D eigenvalue weighted by molar-refractivity contribution is 5.74. The maximum atomic E-state index is 10.8. The van der Waals surface area contributed by atoms with Gasteiger partial charge in [-0.1, -0.05) is 13.8 Å². The first-order valence-corrected chi connectivity index (χ1v) is 4.53. The minimum atomic E-state index is 0.169. The fourth-order valence-electron chi connectivity index (χ4n) is 1.56. The summed E-state index contributed by atoms with van der Waals surface area (Å²) in [6, 6.07) is 0.251. The summed E-state index contributed by atoms with van der Waals surface area (Å²) in [6.45, 7) is 7.57. The summed E-state index contributed by atoms with van der Waals surface area (Å²) >= 11 is 0. The van der Waals surface area contributed by atoms with Crippen LogP contribution in [0.2, 0.25) is 0 Å². The minimum Gasteiger partial charge on any atom is -0.342 e. The maximum absolute atomic E-state index is 10.8. The lowest BCUT2D eigenvalue weighted by atomic mass is 9.85. The number of hydrogen-bond acceptors (Lipinski definition) is 2. The quantitative estimate of drug-likeness (QED) is 0.654. The van der Waals surface area contributed by atoms with Crippen LogP contribution in [-0.4, -0.2) is 29.9 Å². The monoisotopic (exact) mass is 170 g/mol. The molecular formula is C9H18N2O. The van der Waals surface area contributed by atoms with E-state index < -0.39 is 0 Å². The van der Waals surface area contributed by atoms with Crippen LogP contribution in [-0.2, 0) is 4.79 Å². The number of carbonyl (C=O) groups excluding carboxylic acids is 1. The SMILES string of the molecule is CC(=O)N1CC(C(N)C(C)C)C1. The zero-order valence-electron chi connectivity index (χ0n) is 8.08. The Morgan fingerprint density at radius 3 is 2.33 bits per heavy atom. The average molecular weight is 170 g/mol. The largest absolute Gasteiger partial charge is 0.342 e. The van der Waals surface area contributed by atoms with Crippen molar-refractivity contribution >= 4 is 5.91 Å². The molecule has 3 heteroatoms. The maximum Gasteiger partial charge on any atom is 0.219 e. The molecule has 1 amide bonds. The van der Waals surface area contributed by atoms with Crippen molar-refractivity contribution in [1.29, 1.82) is 0 Å². The Hall–Kier alpha value is -0.570. The van der Waals surface area contributed by atoms with Gasteiger partial charge in [-0.25, -0.2) is 0 Å². The molecule has 3 nitrogen and oxygen atoms in total. The van der Waals surface area contributed by atoms with E-state index in [4.69, 9.17) is 5.73 Å². The summed E-state index contributed by atoms with van der Waals surface area (Å²) in [6.07, 6.45) is 0. The number of hydrogen-bond donors (Lipinski definition) is 1.